The van der Waals surface area contributed by atoms with E-state index in [0.29, 0.717) is 28.1 Å². The fourth-order valence-electron chi connectivity index (χ4n) is 3.77. The zero-order valence-electron chi connectivity index (χ0n) is 15.2. The molecule has 0 saturated heterocycles. The van der Waals surface area contributed by atoms with Crippen molar-refractivity contribution in [3.63, 3.8) is 0 Å². The minimum absolute atomic E-state index is 0.0397. The van der Waals surface area contributed by atoms with Crippen molar-refractivity contribution < 1.29 is 4.92 Å². The number of non-ortho nitro benzene ring substituents is 1. The summed E-state index contributed by atoms with van der Waals surface area (Å²) in [5, 5.41) is 11.4. The van der Waals surface area contributed by atoms with Crippen LogP contribution in [0.15, 0.2) is 65.6 Å². The van der Waals surface area contributed by atoms with Crippen molar-refractivity contribution in [2.45, 2.75) is 6.42 Å². The van der Waals surface area contributed by atoms with Crippen LogP contribution in [-0.4, -0.2) is 26.4 Å². The van der Waals surface area contributed by atoms with Gasteiger partial charge >= 0.3 is 0 Å². The summed E-state index contributed by atoms with van der Waals surface area (Å²) < 4.78 is 0. The Morgan fingerprint density at radius 1 is 1.10 bits per heavy atom. The van der Waals surface area contributed by atoms with Gasteiger partial charge in [0.05, 0.1) is 10.3 Å². The summed E-state index contributed by atoms with van der Waals surface area (Å²) in [7, 11) is 0. The third-order valence-electron chi connectivity index (χ3n) is 5.11. The van der Waals surface area contributed by atoms with Crippen molar-refractivity contribution in [1.29, 1.82) is 0 Å². The fourth-order valence-corrected chi connectivity index (χ4v) is 3.77. The predicted molar refractivity (Wildman–Crippen MR) is 109 cm³/mol. The fraction of sp³-hybridized carbons (Fsp3) is 0.0952. The Bertz CT molecular complexity index is 1330. The van der Waals surface area contributed by atoms with Crippen molar-refractivity contribution >= 4 is 28.4 Å². The zero-order valence-corrected chi connectivity index (χ0v) is 15.2. The number of para-hydroxylation sites is 1. The molecule has 2 aromatic heterocycles. The summed E-state index contributed by atoms with van der Waals surface area (Å²) in [5.41, 5.74) is 3.28. The minimum atomic E-state index is -0.460. The molecule has 0 spiro atoms. The first kappa shape index (κ1) is 17.1. The van der Waals surface area contributed by atoms with Gasteiger partial charge in [-0.1, -0.05) is 30.3 Å². The molecule has 3 heterocycles. The molecule has 142 valence electrons. The van der Waals surface area contributed by atoms with E-state index in [-0.39, 0.29) is 11.2 Å². The third kappa shape index (κ3) is 2.82. The maximum absolute atomic E-state index is 13.0. The van der Waals surface area contributed by atoms with Crippen LogP contribution in [0.1, 0.15) is 5.56 Å². The highest BCUT2D eigenvalue weighted by molar-refractivity contribution is 5.92. The van der Waals surface area contributed by atoms with Crippen molar-refractivity contribution in [2.24, 2.45) is 0 Å². The van der Waals surface area contributed by atoms with Crippen LogP contribution in [0.3, 0.4) is 0 Å². The van der Waals surface area contributed by atoms with Gasteiger partial charge in [-0.05, 0) is 29.7 Å². The van der Waals surface area contributed by atoms with Gasteiger partial charge in [-0.3, -0.25) is 19.9 Å². The maximum atomic E-state index is 13.0. The molecule has 0 bridgehead atoms. The van der Waals surface area contributed by atoms with Crippen molar-refractivity contribution in [3.8, 4) is 11.1 Å². The van der Waals surface area contributed by atoms with Crippen LogP contribution in [0.2, 0.25) is 0 Å². The molecule has 0 amide bonds. The molecule has 0 aliphatic carbocycles. The average molecular weight is 385 g/mol. The number of benzene rings is 2. The van der Waals surface area contributed by atoms with Gasteiger partial charge in [-0.25, -0.2) is 4.98 Å². The van der Waals surface area contributed by atoms with Crippen LogP contribution >= 0.6 is 0 Å². The Hall–Kier alpha value is -4.07. The summed E-state index contributed by atoms with van der Waals surface area (Å²) in [6.07, 6.45) is 2.43. The van der Waals surface area contributed by atoms with Gasteiger partial charge in [-0.2, -0.15) is 4.98 Å². The molecule has 0 fully saturated rings. The SMILES string of the molecule is O=c1[nH]c(N2CCc3ccccc32)nc2nccc(-c3cccc([N+](=O)[O-])c3)c12. The number of rotatable bonds is 3. The largest absolute Gasteiger partial charge is 0.311 e. The lowest BCUT2D eigenvalue weighted by Crippen LogP contribution is -2.21. The Labute approximate surface area is 164 Å². The smallest absolute Gasteiger partial charge is 0.270 e. The number of nitrogens with zero attached hydrogens (tertiary/aromatic N) is 4. The molecule has 1 aliphatic rings. The van der Waals surface area contributed by atoms with E-state index in [2.05, 4.69) is 21.0 Å². The Morgan fingerprint density at radius 3 is 2.83 bits per heavy atom. The quantitative estimate of drug-likeness (QED) is 0.427. The highest BCUT2D eigenvalue weighted by Crippen LogP contribution is 2.33. The molecule has 8 nitrogen and oxygen atoms in total. The van der Waals surface area contributed by atoms with E-state index in [1.54, 1.807) is 24.4 Å². The van der Waals surface area contributed by atoms with Crippen molar-refractivity contribution in [2.75, 3.05) is 11.4 Å². The van der Waals surface area contributed by atoms with Crippen molar-refractivity contribution in [3.05, 3.63) is 86.8 Å². The molecule has 0 saturated carbocycles. The van der Waals surface area contributed by atoms with E-state index in [1.165, 1.54) is 17.7 Å². The van der Waals surface area contributed by atoms with Crippen LogP contribution < -0.4 is 10.5 Å². The molecule has 8 heteroatoms. The number of hydrogen-bond donors (Lipinski definition) is 1. The van der Waals surface area contributed by atoms with Gasteiger partial charge < -0.3 is 4.90 Å². The number of anilines is 2. The van der Waals surface area contributed by atoms with Gasteiger partial charge in [0.1, 0.15) is 0 Å². The number of H-pyrrole nitrogens is 1. The number of aromatic amines is 1. The number of aromatic nitrogens is 3. The number of nitrogens with one attached hydrogen (secondary N) is 1. The minimum Gasteiger partial charge on any atom is -0.311 e. The second-order valence-electron chi connectivity index (χ2n) is 6.78. The molecule has 4 aromatic rings. The summed E-state index contributed by atoms with van der Waals surface area (Å²) in [5.74, 6) is 0.441. The standard InChI is InChI=1S/C21H15N5O3/c27-20-18-16(14-5-3-6-15(12-14)26(28)29)8-10-22-19(18)23-21(24-20)25-11-9-13-4-1-2-7-17(13)25/h1-8,10,12H,9,11H2,(H,22,23,24,27). The van der Waals surface area contributed by atoms with Crippen LogP contribution in [0.25, 0.3) is 22.2 Å². The molecular formula is C21H15N5O3. The summed E-state index contributed by atoms with van der Waals surface area (Å²) in [6.45, 7) is 0.721. The summed E-state index contributed by atoms with van der Waals surface area (Å²) in [6, 6.07) is 15.9. The summed E-state index contributed by atoms with van der Waals surface area (Å²) in [4.78, 5) is 37.3. The normalized spacial score (nSPS) is 12.9. The van der Waals surface area contributed by atoms with E-state index in [0.717, 1.165) is 18.7 Å². The number of nitro groups is 1. The number of pyridine rings is 1. The molecule has 0 unspecified atom stereocenters. The molecule has 2 aromatic carbocycles. The van der Waals surface area contributed by atoms with Gasteiger partial charge in [-0.15, -0.1) is 0 Å². The Balaban J connectivity index is 1.66. The number of hydrogen-bond acceptors (Lipinski definition) is 6. The molecule has 0 atom stereocenters. The molecule has 29 heavy (non-hydrogen) atoms. The van der Waals surface area contributed by atoms with E-state index in [9.17, 15) is 14.9 Å². The van der Waals surface area contributed by atoms with E-state index >= 15 is 0 Å². The topological polar surface area (TPSA) is 105 Å². The third-order valence-corrected chi connectivity index (χ3v) is 5.11. The van der Waals surface area contributed by atoms with Crippen molar-refractivity contribution in [1.82, 2.24) is 15.0 Å². The van der Waals surface area contributed by atoms with Gasteiger partial charge in [0.15, 0.2) is 5.65 Å². The van der Waals surface area contributed by atoms with Crippen LogP contribution in [-0.2, 0) is 6.42 Å². The Morgan fingerprint density at radius 2 is 1.97 bits per heavy atom. The lowest BCUT2D eigenvalue weighted by Gasteiger charge is -2.18. The predicted octanol–water partition coefficient (Wildman–Crippen LogP) is 3.59. The van der Waals surface area contributed by atoms with E-state index in [1.807, 2.05) is 23.1 Å². The van der Waals surface area contributed by atoms with Crippen LogP contribution in [0, 0.1) is 10.1 Å². The van der Waals surface area contributed by atoms with Crippen LogP contribution in [0.5, 0.6) is 0 Å². The van der Waals surface area contributed by atoms with Gasteiger partial charge in [0, 0.05) is 36.1 Å². The second-order valence-corrected chi connectivity index (χ2v) is 6.78. The summed E-state index contributed by atoms with van der Waals surface area (Å²) >= 11 is 0. The molecule has 1 aliphatic heterocycles. The van der Waals surface area contributed by atoms with E-state index < -0.39 is 4.92 Å². The molecule has 5 rings (SSSR count). The average Bonchev–Trinajstić information content (AvgIpc) is 3.17. The van der Waals surface area contributed by atoms with E-state index in [4.69, 9.17) is 0 Å². The Kier molecular flexibility index (Phi) is 3.83. The van der Waals surface area contributed by atoms with Gasteiger partial charge in [0.25, 0.3) is 11.2 Å². The second kappa shape index (κ2) is 6.52. The first-order valence-electron chi connectivity index (χ1n) is 9.11. The molecule has 0 radical (unpaired) electrons. The monoisotopic (exact) mass is 385 g/mol. The highest BCUT2D eigenvalue weighted by Gasteiger charge is 2.23. The lowest BCUT2D eigenvalue weighted by molar-refractivity contribution is -0.384. The van der Waals surface area contributed by atoms with Crippen LogP contribution in [0.4, 0.5) is 17.3 Å². The number of fused-ring (bicyclic) bond motifs is 2. The van der Waals surface area contributed by atoms with Gasteiger partial charge in [0.2, 0.25) is 5.95 Å². The number of nitro benzene ring substituents is 1. The molecule has 1 N–H and O–H groups in total. The highest BCUT2D eigenvalue weighted by atomic mass is 16.6. The first-order chi connectivity index (χ1) is 14.1. The molecular weight excluding hydrogens is 370 g/mol. The zero-order chi connectivity index (χ0) is 20.0. The maximum Gasteiger partial charge on any atom is 0.270 e. The first-order valence-corrected chi connectivity index (χ1v) is 9.11. The lowest BCUT2D eigenvalue weighted by atomic mass is 10.0.